The van der Waals surface area contributed by atoms with Crippen molar-refractivity contribution in [3.8, 4) is 6.07 Å². The predicted octanol–water partition coefficient (Wildman–Crippen LogP) is 3.03. The molecule has 29 heavy (non-hydrogen) atoms. The van der Waals surface area contributed by atoms with E-state index in [1.54, 1.807) is 24.4 Å². The highest BCUT2D eigenvalue weighted by Crippen LogP contribution is 2.26. The molecule has 1 aliphatic heterocycles. The van der Waals surface area contributed by atoms with Crippen LogP contribution in [0, 0.1) is 17.2 Å². The van der Waals surface area contributed by atoms with E-state index in [0.29, 0.717) is 17.0 Å². The molecule has 0 saturated carbocycles. The number of anilines is 1. The van der Waals surface area contributed by atoms with Crippen LogP contribution in [-0.4, -0.2) is 33.0 Å². The van der Waals surface area contributed by atoms with Crippen molar-refractivity contribution in [3.63, 3.8) is 0 Å². The molecule has 1 N–H and O–H groups in total. The van der Waals surface area contributed by atoms with Gasteiger partial charge in [0.15, 0.2) is 0 Å². The normalized spacial score (nSPS) is 17.6. The van der Waals surface area contributed by atoms with E-state index >= 15 is 0 Å². The van der Waals surface area contributed by atoms with Gasteiger partial charge < -0.3 is 4.90 Å². The Morgan fingerprint density at radius 1 is 1.14 bits per heavy atom. The van der Waals surface area contributed by atoms with Gasteiger partial charge in [0.05, 0.1) is 10.5 Å². The summed E-state index contributed by atoms with van der Waals surface area (Å²) in [5, 5.41) is 9.26. The van der Waals surface area contributed by atoms with Gasteiger partial charge >= 0.3 is 0 Å². The number of sulfonamides is 1. The lowest BCUT2D eigenvalue weighted by molar-refractivity contribution is 0.400. The second-order valence-corrected chi connectivity index (χ2v) is 9.67. The molecule has 152 valence electrons. The van der Waals surface area contributed by atoms with Crippen molar-refractivity contribution >= 4 is 15.8 Å². The van der Waals surface area contributed by atoms with E-state index < -0.39 is 10.0 Å². The van der Waals surface area contributed by atoms with Gasteiger partial charge in [-0.1, -0.05) is 6.07 Å². The number of nitriles is 1. The molecule has 0 spiro atoms. The minimum atomic E-state index is -3.49. The van der Waals surface area contributed by atoms with E-state index in [-0.39, 0.29) is 5.92 Å². The number of piperidine rings is 1. The van der Waals surface area contributed by atoms with Gasteiger partial charge in [-0.3, -0.25) is 0 Å². The zero-order valence-electron chi connectivity index (χ0n) is 16.5. The smallest absolute Gasteiger partial charge is 0.240 e. The van der Waals surface area contributed by atoms with Gasteiger partial charge in [-0.15, -0.1) is 0 Å². The Morgan fingerprint density at radius 3 is 2.66 bits per heavy atom. The summed E-state index contributed by atoms with van der Waals surface area (Å²) in [5.74, 6) is 1.01. The average Bonchev–Trinajstić information content (AvgIpc) is 2.77. The molecule has 0 bridgehead atoms. The molecule has 1 aromatic heterocycles. The molecular formula is C22H26N4O2S. The minimum Gasteiger partial charge on any atom is -0.356 e. The van der Waals surface area contributed by atoms with Gasteiger partial charge in [-0.2, -0.15) is 5.26 Å². The van der Waals surface area contributed by atoms with Crippen LogP contribution in [0.25, 0.3) is 0 Å². The summed E-state index contributed by atoms with van der Waals surface area (Å²) in [6.07, 6.45) is 7.77. The maximum Gasteiger partial charge on any atom is 0.240 e. The molecule has 2 aromatic rings. The first-order valence-corrected chi connectivity index (χ1v) is 11.8. The molecule has 1 aromatic carbocycles. The summed E-state index contributed by atoms with van der Waals surface area (Å²) in [7, 11) is -3.49. The molecule has 1 saturated heterocycles. The average molecular weight is 411 g/mol. The maximum atomic E-state index is 12.8. The first kappa shape index (κ1) is 19.9. The maximum absolute atomic E-state index is 12.8. The van der Waals surface area contributed by atoms with Crippen LogP contribution in [0.5, 0.6) is 0 Å². The molecule has 0 radical (unpaired) electrons. The molecule has 1 aliphatic carbocycles. The third-order valence-corrected chi connectivity index (χ3v) is 7.43. The van der Waals surface area contributed by atoms with E-state index in [2.05, 4.69) is 20.7 Å². The van der Waals surface area contributed by atoms with Gasteiger partial charge in [0.1, 0.15) is 11.9 Å². The number of benzene rings is 1. The van der Waals surface area contributed by atoms with Crippen molar-refractivity contribution in [2.24, 2.45) is 5.92 Å². The standard InChI is InChI=1S/C22H26N4O2S/c23-15-20-6-3-11-24-22(20)26-12-9-17(10-13-26)16-25-29(27,28)21-8-7-18-4-1-2-5-19(18)14-21/h3,6-8,11,14,17,25H,1-2,4-5,9-10,12-13,16H2. The second kappa shape index (κ2) is 8.52. The summed E-state index contributed by atoms with van der Waals surface area (Å²) in [6, 6.07) is 11.3. The van der Waals surface area contributed by atoms with E-state index in [0.717, 1.165) is 51.0 Å². The number of aromatic nitrogens is 1. The fraction of sp³-hybridized carbons (Fsp3) is 0.455. The van der Waals surface area contributed by atoms with Crippen LogP contribution in [-0.2, 0) is 22.9 Å². The third-order valence-electron chi connectivity index (χ3n) is 6.01. The van der Waals surface area contributed by atoms with Gasteiger partial charge in [0, 0.05) is 25.8 Å². The lowest BCUT2D eigenvalue weighted by Gasteiger charge is -2.33. The molecule has 0 amide bonds. The number of hydrogen-bond donors (Lipinski definition) is 1. The van der Waals surface area contributed by atoms with Crippen LogP contribution < -0.4 is 9.62 Å². The zero-order valence-corrected chi connectivity index (χ0v) is 17.3. The van der Waals surface area contributed by atoms with E-state index in [4.69, 9.17) is 0 Å². The summed E-state index contributed by atoms with van der Waals surface area (Å²) in [5.41, 5.74) is 3.05. The van der Waals surface area contributed by atoms with Crippen LogP contribution in [0.2, 0.25) is 0 Å². The molecule has 0 unspecified atom stereocenters. The number of nitrogens with zero attached hydrogens (tertiary/aromatic N) is 3. The molecule has 7 heteroatoms. The summed E-state index contributed by atoms with van der Waals surface area (Å²) in [6.45, 7) is 1.99. The highest BCUT2D eigenvalue weighted by molar-refractivity contribution is 7.89. The fourth-order valence-corrected chi connectivity index (χ4v) is 5.44. The number of rotatable bonds is 5. The summed E-state index contributed by atoms with van der Waals surface area (Å²) >= 11 is 0. The van der Waals surface area contributed by atoms with Crippen LogP contribution >= 0.6 is 0 Å². The lowest BCUT2D eigenvalue weighted by Crippen LogP contribution is -2.39. The predicted molar refractivity (Wildman–Crippen MR) is 112 cm³/mol. The first-order valence-electron chi connectivity index (χ1n) is 10.3. The monoisotopic (exact) mass is 410 g/mol. The Labute approximate surface area is 172 Å². The molecule has 1 fully saturated rings. The lowest BCUT2D eigenvalue weighted by atomic mass is 9.92. The van der Waals surface area contributed by atoms with Crippen LogP contribution in [0.4, 0.5) is 5.82 Å². The third kappa shape index (κ3) is 4.44. The van der Waals surface area contributed by atoms with Crippen molar-refractivity contribution < 1.29 is 8.42 Å². The van der Waals surface area contributed by atoms with Crippen LogP contribution in [0.3, 0.4) is 0 Å². The highest BCUT2D eigenvalue weighted by atomic mass is 32.2. The van der Waals surface area contributed by atoms with Gasteiger partial charge in [-0.25, -0.2) is 18.1 Å². The highest BCUT2D eigenvalue weighted by Gasteiger charge is 2.24. The van der Waals surface area contributed by atoms with Crippen molar-refractivity contribution in [2.45, 2.75) is 43.4 Å². The van der Waals surface area contributed by atoms with E-state index in [9.17, 15) is 13.7 Å². The number of nitrogens with one attached hydrogen (secondary N) is 1. The molecular weight excluding hydrogens is 384 g/mol. The minimum absolute atomic E-state index is 0.285. The van der Waals surface area contributed by atoms with Gasteiger partial charge in [-0.05, 0) is 79.8 Å². The van der Waals surface area contributed by atoms with E-state index in [1.165, 1.54) is 17.5 Å². The largest absolute Gasteiger partial charge is 0.356 e. The van der Waals surface area contributed by atoms with Crippen LogP contribution in [0.1, 0.15) is 42.4 Å². The second-order valence-electron chi connectivity index (χ2n) is 7.91. The molecule has 0 atom stereocenters. The van der Waals surface area contributed by atoms with Crippen molar-refractivity contribution in [1.29, 1.82) is 5.26 Å². The zero-order chi connectivity index (χ0) is 20.3. The Morgan fingerprint density at radius 2 is 1.90 bits per heavy atom. The van der Waals surface area contributed by atoms with Crippen molar-refractivity contribution in [3.05, 3.63) is 53.2 Å². The number of hydrogen-bond acceptors (Lipinski definition) is 5. The molecule has 2 aliphatic rings. The summed E-state index contributed by atoms with van der Waals surface area (Å²) in [4.78, 5) is 6.85. The topological polar surface area (TPSA) is 86.1 Å². The SMILES string of the molecule is N#Cc1cccnc1N1CCC(CNS(=O)(=O)c2ccc3c(c2)CCCC3)CC1. The van der Waals surface area contributed by atoms with E-state index in [1.807, 2.05) is 12.1 Å². The number of aryl methyl sites for hydroxylation is 2. The number of fused-ring (bicyclic) bond motifs is 1. The number of pyridine rings is 1. The Hall–Kier alpha value is -2.43. The quantitative estimate of drug-likeness (QED) is 0.819. The van der Waals surface area contributed by atoms with Gasteiger partial charge in [0.25, 0.3) is 0 Å². The fourth-order valence-electron chi connectivity index (χ4n) is 4.27. The first-order chi connectivity index (χ1) is 14.1. The van der Waals surface area contributed by atoms with Gasteiger partial charge in [0.2, 0.25) is 10.0 Å². The molecule has 6 nitrogen and oxygen atoms in total. The Bertz CT molecular complexity index is 1020. The van der Waals surface area contributed by atoms with Crippen molar-refractivity contribution in [1.82, 2.24) is 9.71 Å². The summed E-state index contributed by atoms with van der Waals surface area (Å²) < 4.78 is 28.3. The Kier molecular flexibility index (Phi) is 5.84. The molecule has 4 rings (SSSR count). The van der Waals surface area contributed by atoms with Crippen LogP contribution in [0.15, 0.2) is 41.4 Å². The molecule has 2 heterocycles. The van der Waals surface area contributed by atoms with Crippen molar-refractivity contribution in [2.75, 3.05) is 24.5 Å². The Balaban J connectivity index is 1.35.